The van der Waals surface area contributed by atoms with Crippen molar-refractivity contribution in [1.82, 2.24) is 9.88 Å². The van der Waals surface area contributed by atoms with Gasteiger partial charge in [0.2, 0.25) is 0 Å². The molecule has 0 spiro atoms. The Morgan fingerprint density at radius 2 is 2.20 bits per heavy atom. The molecule has 1 aromatic carbocycles. The Morgan fingerprint density at radius 3 is 3.04 bits per heavy atom. The fourth-order valence-electron chi connectivity index (χ4n) is 4.33. The number of para-hydroxylation sites is 1. The van der Waals surface area contributed by atoms with Crippen LogP contribution in [0.5, 0.6) is 0 Å². The highest BCUT2D eigenvalue weighted by Gasteiger charge is 2.30. The van der Waals surface area contributed by atoms with Crippen LogP contribution in [-0.4, -0.2) is 48.5 Å². The van der Waals surface area contributed by atoms with Gasteiger partial charge in [0.25, 0.3) is 5.91 Å². The molecule has 2 aliphatic rings. The zero-order valence-electron chi connectivity index (χ0n) is 15.0. The minimum absolute atomic E-state index is 0.353. The predicted molar refractivity (Wildman–Crippen MR) is 102 cm³/mol. The standard InChI is InChI=1S/C20H27N3OS/c1-15-6-4-11-23(12-15)19(24)14-22-10-5-7-16(13-22)20-21-17-8-2-3-9-18(17)25-20/h2-3,8-9,15-16H,4-7,10-14H2,1H3/p+1/t15-,16+/m1/s1. The van der Waals surface area contributed by atoms with E-state index in [1.165, 1.54) is 33.9 Å². The minimum atomic E-state index is 0.353. The van der Waals surface area contributed by atoms with Crippen LogP contribution in [0.1, 0.15) is 43.5 Å². The number of piperidine rings is 2. The van der Waals surface area contributed by atoms with E-state index in [-0.39, 0.29) is 0 Å². The van der Waals surface area contributed by atoms with Crippen LogP contribution in [0.25, 0.3) is 10.2 Å². The third-order valence-electron chi connectivity index (χ3n) is 5.69. The van der Waals surface area contributed by atoms with E-state index in [0.29, 0.717) is 24.3 Å². The van der Waals surface area contributed by atoms with Crippen LogP contribution in [-0.2, 0) is 4.79 Å². The first-order valence-electron chi connectivity index (χ1n) is 9.66. The number of carbonyl (C=O) groups excluding carboxylic acids is 1. The molecule has 4 nitrogen and oxygen atoms in total. The average Bonchev–Trinajstić information content (AvgIpc) is 3.06. The highest BCUT2D eigenvalue weighted by Crippen LogP contribution is 2.30. The largest absolute Gasteiger partial charge is 0.338 e. The van der Waals surface area contributed by atoms with Gasteiger partial charge in [0, 0.05) is 13.1 Å². The van der Waals surface area contributed by atoms with Gasteiger partial charge in [0.05, 0.1) is 29.2 Å². The molecule has 1 N–H and O–H groups in total. The number of nitrogens with one attached hydrogen (secondary N) is 1. The summed E-state index contributed by atoms with van der Waals surface area (Å²) in [5.41, 5.74) is 1.12. The number of likely N-dealkylation sites (tertiary alicyclic amines) is 2. The molecule has 0 bridgehead atoms. The van der Waals surface area contributed by atoms with Gasteiger partial charge in [-0.1, -0.05) is 19.1 Å². The second kappa shape index (κ2) is 7.42. The van der Waals surface area contributed by atoms with Crippen molar-refractivity contribution >= 4 is 27.5 Å². The van der Waals surface area contributed by atoms with Crippen molar-refractivity contribution < 1.29 is 9.69 Å². The number of thiazole rings is 1. The van der Waals surface area contributed by atoms with Crippen molar-refractivity contribution in [2.75, 3.05) is 32.7 Å². The van der Waals surface area contributed by atoms with Crippen molar-refractivity contribution in [3.63, 3.8) is 0 Å². The molecule has 0 saturated carbocycles. The number of aromatic nitrogens is 1. The predicted octanol–water partition coefficient (Wildman–Crippen LogP) is 2.32. The summed E-state index contributed by atoms with van der Waals surface area (Å²) in [7, 11) is 0. The topological polar surface area (TPSA) is 37.6 Å². The molecule has 0 aliphatic carbocycles. The fraction of sp³-hybridized carbons (Fsp3) is 0.600. The fourth-order valence-corrected chi connectivity index (χ4v) is 5.43. The van der Waals surface area contributed by atoms with Gasteiger partial charge in [-0.05, 0) is 43.7 Å². The van der Waals surface area contributed by atoms with E-state index in [0.717, 1.165) is 38.1 Å². The van der Waals surface area contributed by atoms with Crippen LogP contribution in [0.2, 0.25) is 0 Å². The third kappa shape index (κ3) is 3.87. The van der Waals surface area contributed by atoms with Crippen molar-refractivity contribution in [2.24, 2.45) is 5.92 Å². The Morgan fingerprint density at radius 1 is 1.32 bits per heavy atom. The van der Waals surface area contributed by atoms with Crippen LogP contribution in [0.15, 0.2) is 24.3 Å². The number of nitrogens with zero attached hydrogens (tertiary/aromatic N) is 2. The van der Waals surface area contributed by atoms with Crippen molar-refractivity contribution in [2.45, 2.75) is 38.5 Å². The molecule has 5 heteroatoms. The van der Waals surface area contributed by atoms with Crippen LogP contribution >= 0.6 is 11.3 Å². The lowest BCUT2D eigenvalue weighted by molar-refractivity contribution is -0.898. The second-order valence-corrected chi connectivity index (χ2v) is 8.89. The molecule has 1 unspecified atom stereocenters. The summed E-state index contributed by atoms with van der Waals surface area (Å²) >= 11 is 1.83. The molecule has 2 fully saturated rings. The summed E-state index contributed by atoms with van der Waals surface area (Å²) in [6.07, 6.45) is 4.83. The third-order valence-corrected chi connectivity index (χ3v) is 6.89. The van der Waals surface area contributed by atoms with Crippen molar-refractivity contribution in [3.8, 4) is 0 Å². The molecule has 2 aliphatic heterocycles. The Hall–Kier alpha value is -1.46. The summed E-state index contributed by atoms with van der Waals surface area (Å²) in [5, 5.41) is 1.26. The highest BCUT2D eigenvalue weighted by atomic mass is 32.1. The molecule has 2 saturated heterocycles. The zero-order chi connectivity index (χ0) is 17.2. The monoisotopic (exact) mass is 358 g/mol. The van der Waals surface area contributed by atoms with Gasteiger partial charge in [0.15, 0.2) is 6.54 Å². The molecule has 1 aromatic heterocycles. The molecule has 3 heterocycles. The smallest absolute Gasteiger partial charge is 0.277 e. The van der Waals surface area contributed by atoms with E-state index in [4.69, 9.17) is 4.98 Å². The van der Waals surface area contributed by atoms with Crippen LogP contribution in [0.3, 0.4) is 0 Å². The van der Waals surface area contributed by atoms with Crippen molar-refractivity contribution in [1.29, 1.82) is 0 Å². The van der Waals surface area contributed by atoms with Crippen LogP contribution in [0.4, 0.5) is 0 Å². The summed E-state index contributed by atoms with van der Waals surface area (Å²) in [6.45, 7) is 7.00. The van der Waals surface area contributed by atoms with E-state index in [1.54, 1.807) is 0 Å². The summed E-state index contributed by atoms with van der Waals surface area (Å²) < 4.78 is 1.28. The van der Waals surface area contributed by atoms with E-state index in [1.807, 2.05) is 11.3 Å². The zero-order valence-corrected chi connectivity index (χ0v) is 15.9. The van der Waals surface area contributed by atoms with Gasteiger partial charge >= 0.3 is 0 Å². The lowest BCUT2D eigenvalue weighted by Crippen LogP contribution is -3.14. The molecular formula is C20H28N3OS+. The second-order valence-electron chi connectivity index (χ2n) is 7.83. The summed E-state index contributed by atoms with van der Waals surface area (Å²) in [6, 6.07) is 8.40. The van der Waals surface area contributed by atoms with Gasteiger partial charge in [-0.15, -0.1) is 11.3 Å². The number of carbonyl (C=O) groups is 1. The number of quaternary nitrogens is 1. The Balaban J connectivity index is 1.39. The highest BCUT2D eigenvalue weighted by molar-refractivity contribution is 7.18. The van der Waals surface area contributed by atoms with Gasteiger partial charge in [-0.3, -0.25) is 4.79 Å². The number of amides is 1. The summed E-state index contributed by atoms with van der Waals surface area (Å²) in [5.74, 6) is 1.52. The average molecular weight is 359 g/mol. The number of hydrogen-bond donors (Lipinski definition) is 1. The molecule has 2 aromatic rings. The number of fused-ring (bicyclic) bond motifs is 1. The molecule has 4 rings (SSSR count). The Kier molecular flexibility index (Phi) is 5.04. The van der Waals surface area contributed by atoms with Crippen molar-refractivity contribution in [3.05, 3.63) is 29.3 Å². The summed E-state index contributed by atoms with van der Waals surface area (Å²) in [4.78, 5) is 21.1. The maximum atomic E-state index is 12.7. The van der Waals surface area contributed by atoms with Gasteiger partial charge in [0.1, 0.15) is 5.01 Å². The van der Waals surface area contributed by atoms with E-state index in [9.17, 15) is 4.79 Å². The van der Waals surface area contributed by atoms with Gasteiger partial charge < -0.3 is 9.80 Å². The SMILES string of the molecule is C[C@@H]1CCCN(C(=O)C[NH+]2CCC[C@H](c3nc4ccccc4s3)C2)C1. The van der Waals surface area contributed by atoms with E-state index < -0.39 is 0 Å². The first kappa shape index (κ1) is 17.0. The quantitative estimate of drug-likeness (QED) is 0.914. The normalized spacial score (nSPS) is 27.6. The molecule has 3 atom stereocenters. The number of rotatable bonds is 3. The Bertz CT molecular complexity index is 710. The Labute approximate surface area is 153 Å². The first-order chi connectivity index (χ1) is 12.2. The molecule has 0 radical (unpaired) electrons. The number of benzene rings is 1. The van der Waals surface area contributed by atoms with E-state index in [2.05, 4.69) is 36.1 Å². The minimum Gasteiger partial charge on any atom is -0.338 e. The molecule has 25 heavy (non-hydrogen) atoms. The number of hydrogen-bond acceptors (Lipinski definition) is 3. The maximum Gasteiger partial charge on any atom is 0.277 e. The van der Waals surface area contributed by atoms with E-state index >= 15 is 0 Å². The van der Waals surface area contributed by atoms with Gasteiger partial charge in [-0.25, -0.2) is 4.98 Å². The van der Waals surface area contributed by atoms with Gasteiger partial charge in [-0.2, -0.15) is 0 Å². The molecule has 134 valence electrons. The lowest BCUT2D eigenvalue weighted by atomic mass is 9.98. The van der Waals surface area contributed by atoms with Crippen LogP contribution < -0.4 is 4.90 Å². The maximum absolute atomic E-state index is 12.7. The van der Waals surface area contributed by atoms with Crippen LogP contribution in [0, 0.1) is 5.92 Å². The molecular weight excluding hydrogens is 330 g/mol. The first-order valence-corrected chi connectivity index (χ1v) is 10.5. The lowest BCUT2D eigenvalue weighted by Gasteiger charge is -2.33. The molecule has 1 amide bonds.